The predicted octanol–water partition coefficient (Wildman–Crippen LogP) is 2.66. The Kier molecular flexibility index (Phi) is 2.39. The van der Waals surface area contributed by atoms with Crippen LogP contribution in [0.3, 0.4) is 0 Å². The standard InChI is InChI=1S/C8H12IN/c1-8(2,7-9)10-5-3-4-6-10/h3-6H,7H2,1-2H3. The van der Waals surface area contributed by atoms with Crippen LogP contribution in [0, 0.1) is 0 Å². The van der Waals surface area contributed by atoms with E-state index in [1.807, 2.05) is 0 Å². The van der Waals surface area contributed by atoms with Crippen LogP contribution in [0.5, 0.6) is 0 Å². The van der Waals surface area contributed by atoms with Crippen molar-refractivity contribution in [3.63, 3.8) is 0 Å². The Bertz CT molecular complexity index is 189. The van der Waals surface area contributed by atoms with E-state index in [1.54, 1.807) is 0 Å². The molecule has 1 heterocycles. The number of rotatable bonds is 2. The Morgan fingerprint density at radius 1 is 1.30 bits per heavy atom. The highest BCUT2D eigenvalue weighted by Crippen LogP contribution is 2.17. The first kappa shape index (κ1) is 8.11. The first-order chi connectivity index (χ1) is 4.67. The molecule has 0 amide bonds. The molecule has 1 rings (SSSR count). The van der Waals surface area contributed by atoms with E-state index in [4.69, 9.17) is 0 Å². The first-order valence-corrected chi connectivity index (χ1v) is 4.89. The number of aromatic nitrogens is 1. The predicted molar refractivity (Wildman–Crippen MR) is 52.6 cm³/mol. The lowest BCUT2D eigenvalue weighted by atomic mass is 10.1. The summed E-state index contributed by atoms with van der Waals surface area (Å²) in [7, 11) is 0. The number of alkyl halides is 1. The molecular formula is C8H12IN. The van der Waals surface area contributed by atoms with Crippen LogP contribution in [0.15, 0.2) is 24.5 Å². The maximum absolute atomic E-state index is 2.41. The molecule has 0 aliphatic carbocycles. The quantitative estimate of drug-likeness (QED) is 0.561. The molecule has 0 aromatic carbocycles. The van der Waals surface area contributed by atoms with Gasteiger partial charge in [0.15, 0.2) is 0 Å². The van der Waals surface area contributed by atoms with Crippen molar-refractivity contribution in [2.24, 2.45) is 0 Å². The summed E-state index contributed by atoms with van der Waals surface area (Å²) < 4.78 is 3.37. The van der Waals surface area contributed by atoms with Gasteiger partial charge in [-0.1, -0.05) is 22.6 Å². The third kappa shape index (κ3) is 1.54. The van der Waals surface area contributed by atoms with Crippen molar-refractivity contribution in [3.8, 4) is 0 Å². The molecule has 2 heteroatoms. The van der Waals surface area contributed by atoms with Crippen LogP contribution in [0.2, 0.25) is 0 Å². The average molecular weight is 249 g/mol. The van der Waals surface area contributed by atoms with Gasteiger partial charge in [0.05, 0.1) is 0 Å². The van der Waals surface area contributed by atoms with Crippen molar-refractivity contribution in [1.82, 2.24) is 4.57 Å². The molecule has 0 N–H and O–H groups in total. The van der Waals surface area contributed by atoms with Gasteiger partial charge in [0.25, 0.3) is 0 Å². The van der Waals surface area contributed by atoms with Crippen LogP contribution in [-0.4, -0.2) is 8.99 Å². The summed E-state index contributed by atoms with van der Waals surface area (Å²) >= 11 is 2.41. The Hall–Kier alpha value is 0.0100. The zero-order valence-corrected chi connectivity index (χ0v) is 8.50. The third-order valence-corrected chi connectivity index (χ3v) is 3.50. The van der Waals surface area contributed by atoms with Crippen LogP contribution < -0.4 is 0 Å². The van der Waals surface area contributed by atoms with Crippen molar-refractivity contribution >= 4 is 22.6 Å². The summed E-state index contributed by atoms with van der Waals surface area (Å²) in [5, 5.41) is 0. The van der Waals surface area contributed by atoms with Crippen molar-refractivity contribution in [1.29, 1.82) is 0 Å². The Balaban J connectivity index is 2.85. The van der Waals surface area contributed by atoms with Crippen molar-refractivity contribution in [2.45, 2.75) is 19.4 Å². The zero-order chi connectivity index (χ0) is 7.61. The van der Waals surface area contributed by atoms with E-state index in [2.05, 4.69) is 65.5 Å². The van der Waals surface area contributed by atoms with Gasteiger partial charge in [-0.3, -0.25) is 0 Å². The van der Waals surface area contributed by atoms with Crippen molar-refractivity contribution in [3.05, 3.63) is 24.5 Å². The number of nitrogens with zero attached hydrogens (tertiary/aromatic N) is 1. The van der Waals surface area contributed by atoms with Gasteiger partial charge in [-0.2, -0.15) is 0 Å². The number of hydrogen-bond donors (Lipinski definition) is 0. The van der Waals surface area contributed by atoms with Crippen LogP contribution in [0.25, 0.3) is 0 Å². The molecule has 0 aliphatic heterocycles. The molecule has 10 heavy (non-hydrogen) atoms. The topological polar surface area (TPSA) is 4.93 Å². The molecule has 0 aliphatic rings. The van der Waals surface area contributed by atoms with E-state index in [-0.39, 0.29) is 5.54 Å². The highest BCUT2D eigenvalue weighted by atomic mass is 127. The van der Waals surface area contributed by atoms with Crippen LogP contribution in [0.1, 0.15) is 13.8 Å². The fourth-order valence-corrected chi connectivity index (χ4v) is 1.20. The van der Waals surface area contributed by atoms with Gasteiger partial charge in [0.2, 0.25) is 0 Å². The molecule has 1 aromatic heterocycles. The minimum Gasteiger partial charge on any atom is -0.348 e. The van der Waals surface area contributed by atoms with Crippen molar-refractivity contribution < 1.29 is 0 Å². The monoisotopic (exact) mass is 249 g/mol. The summed E-state index contributed by atoms with van der Waals surface area (Å²) in [6.07, 6.45) is 4.22. The van der Waals surface area contributed by atoms with Gasteiger partial charge >= 0.3 is 0 Å². The lowest BCUT2D eigenvalue weighted by Crippen LogP contribution is -2.26. The molecule has 1 nitrogen and oxygen atoms in total. The maximum Gasteiger partial charge on any atom is 0.0472 e. The van der Waals surface area contributed by atoms with Crippen LogP contribution in [0.4, 0.5) is 0 Å². The second-order valence-corrected chi connectivity index (χ2v) is 3.80. The minimum absolute atomic E-state index is 0.268. The SMILES string of the molecule is CC(C)(CI)n1cccc1. The minimum atomic E-state index is 0.268. The molecule has 56 valence electrons. The Morgan fingerprint density at radius 3 is 2.20 bits per heavy atom. The third-order valence-electron chi connectivity index (χ3n) is 1.63. The molecule has 0 saturated heterocycles. The largest absolute Gasteiger partial charge is 0.348 e. The lowest BCUT2D eigenvalue weighted by molar-refractivity contribution is 0.414. The average Bonchev–Trinajstić information content (AvgIpc) is 2.38. The molecular weight excluding hydrogens is 237 g/mol. The maximum atomic E-state index is 2.41. The lowest BCUT2D eigenvalue weighted by Gasteiger charge is -2.23. The fraction of sp³-hybridized carbons (Fsp3) is 0.500. The van der Waals surface area contributed by atoms with E-state index < -0.39 is 0 Å². The molecule has 0 radical (unpaired) electrons. The number of halogens is 1. The number of hydrogen-bond acceptors (Lipinski definition) is 0. The first-order valence-electron chi connectivity index (χ1n) is 3.36. The molecule has 0 atom stereocenters. The van der Waals surface area contributed by atoms with Gasteiger partial charge in [-0.15, -0.1) is 0 Å². The summed E-state index contributed by atoms with van der Waals surface area (Å²) in [5.41, 5.74) is 0.268. The van der Waals surface area contributed by atoms with Gasteiger partial charge in [0.1, 0.15) is 0 Å². The second kappa shape index (κ2) is 2.95. The van der Waals surface area contributed by atoms with Crippen LogP contribution >= 0.6 is 22.6 Å². The van der Waals surface area contributed by atoms with E-state index in [0.717, 1.165) is 4.43 Å². The molecule has 0 unspecified atom stereocenters. The van der Waals surface area contributed by atoms with Gasteiger partial charge in [0, 0.05) is 22.4 Å². The van der Waals surface area contributed by atoms with E-state index in [1.165, 1.54) is 0 Å². The molecule has 0 spiro atoms. The summed E-state index contributed by atoms with van der Waals surface area (Å²) in [4.78, 5) is 0. The van der Waals surface area contributed by atoms with Gasteiger partial charge in [-0.25, -0.2) is 0 Å². The van der Waals surface area contributed by atoms with Gasteiger partial charge in [-0.05, 0) is 26.0 Å². The second-order valence-electron chi connectivity index (χ2n) is 3.04. The van der Waals surface area contributed by atoms with Gasteiger partial charge < -0.3 is 4.57 Å². The Morgan fingerprint density at radius 2 is 1.80 bits per heavy atom. The molecule has 0 saturated carbocycles. The molecule has 0 bridgehead atoms. The molecule has 1 aromatic rings. The molecule has 0 fully saturated rings. The summed E-state index contributed by atoms with van der Waals surface area (Å²) in [6, 6.07) is 4.13. The van der Waals surface area contributed by atoms with Crippen molar-refractivity contribution in [2.75, 3.05) is 4.43 Å². The highest BCUT2D eigenvalue weighted by Gasteiger charge is 2.15. The van der Waals surface area contributed by atoms with E-state index in [0.29, 0.717) is 0 Å². The zero-order valence-electron chi connectivity index (χ0n) is 6.34. The van der Waals surface area contributed by atoms with Crippen LogP contribution in [-0.2, 0) is 5.54 Å². The summed E-state index contributed by atoms with van der Waals surface area (Å²) in [6.45, 7) is 4.47. The normalized spacial score (nSPS) is 11.9. The fourth-order valence-electron chi connectivity index (χ4n) is 0.807. The Labute approximate surface area is 75.6 Å². The highest BCUT2D eigenvalue weighted by molar-refractivity contribution is 14.1. The smallest absolute Gasteiger partial charge is 0.0472 e. The van der Waals surface area contributed by atoms with E-state index in [9.17, 15) is 0 Å². The van der Waals surface area contributed by atoms with E-state index >= 15 is 0 Å². The summed E-state index contributed by atoms with van der Waals surface area (Å²) in [5.74, 6) is 0.